The molecule has 18 nitrogen and oxygen atoms in total. The normalized spacial score (nSPS) is 55.7. The molecule has 4 heterocycles. The number of rotatable bonds is 11. The Morgan fingerprint density at radius 3 is 2.23 bits per heavy atom. The van der Waals surface area contributed by atoms with Gasteiger partial charge in [-0.1, -0.05) is 39.3 Å². The van der Waals surface area contributed by atoms with Crippen LogP contribution < -0.4 is 0 Å². The van der Waals surface area contributed by atoms with E-state index in [9.17, 15) is 56.2 Å². The number of hydrogen-bond donors (Lipinski definition) is 11. The van der Waals surface area contributed by atoms with Crippen molar-refractivity contribution >= 4 is 0 Å². The van der Waals surface area contributed by atoms with Gasteiger partial charge >= 0.3 is 0 Å². The average molecular weight is 889 g/mol. The van der Waals surface area contributed by atoms with Gasteiger partial charge in [-0.2, -0.15) is 0 Å². The van der Waals surface area contributed by atoms with Crippen LogP contribution in [-0.2, 0) is 33.2 Å². The third-order valence-corrected chi connectivity index (χ3v) is 17.1. The molecular formula is C44H72O18. The first-order chi connectivity index (χ1) is 29.2. The van der Waals surface area contributed by atoms with E-state index in [1.807, 2.05) is 6.92 Å². The van der Waals surface area contributed by atoms with E-state index in [0.717, 1.165) is 31.3 Å². The predicted molar refractivity (Wildman–Crippen MR) is 213 cm³/mol. The first-order valence-electron chi connectivity index (χ1n) is 22.9. The van der Waals surface area contributed by atoms with Gasteiger partial charge in [0.15, 0.2) is 24.7 Å². The first-order valence-corrected chi connectivity index (χ1v) is 22.9. The SMILES string of the molecule is C[C@H](CC[C@]1(O)O[C@H]2C[C@H]3[C@@H]4CC=C5C[C@@H](O)C[C@@H](O[C@@H]6O[C@H](CO)[C@@H](O)[C@H](O)[C@H]6O)[C@]5(C)[C@H]4CC[C@]3(C)[C@H]2[C@@H]1C)CO[C@@H]1OC[C@H](O)[C@H](O)[C@H]1O[C@@H]1O[C@@H](C)[C@H](O)[C@@H](O)[C@H]1O. The maximum atomic E-state index is 12.2. The molecule has 18 heteroatoms. The van der Waals surface area contributed by atoms with E-state index < -0.39 is 116 Å². The lowest BCUT2D eigenvalue weighted by Gasteiger charge is -2.60. The van der Waals surface area contributed by atoms with Crippen LogP contribution in [0.2, 0.25) is 0 Å². The molecule has 0 radical (unpaired) electrons. The highest BCUT2D eigenvalue weighted by atomic mass is 16.8. The van der Waals surface area contributed by atoms with Gasteiger partial charge in [0, 0.05) is 24.2 Å². The van der Waals surface area contributed by atoms with Gasteiger partial charge in [0.05, 0.1) is 44.2 Å². The summed E-state index contributed by atoms with van der Waals surface area (Å²) in [5.41, 5.74) is 0.493. The van der Waals surface area contributed by atoms with Gasteiger partial charge in [-0.3, -0.25) is 0 Å². The second-order valence-corrected chi connectivity index (χ2v) is 20.7. The lowest BCUT2D eigenvalue weighted by molar-refractivity contribution is -0.354. The van der Waals surface area contributed by atoms with Crippen LogP contribution >= 0.6 is 0 Å². The first kappa shape index (κ1) is 47.5. The smallest absolute Gasteiger partial charge is 0.187 e. The van der Waals surface area contributed by atoms with Gasteiger partial charge in [0.1, 0.15) is 61.0 Å². The summed E-state index contributed by atoms with van der Waals surface area (Å²) in [4.78, 5) is 0. The van der Waals surface area contributed by atoms with Gasteiger partial charge in [-0.15, -0.1) is 0 Å². The molecule has 0 unspecified atom stereocenters. The molecular weight excluding hydrogens is 816 g/mol. The topological polar surface area (TPSA) is 287 Å². The number of hydrogen-bond acceptors (Lipinski definition) is 18. The fourth-order valence-electron chi connectivity index (χ4n) is 13.3. The molecule has 0 spiro atoms. The third-order valence-electron chi connectivity index (χ3n) is 17.1. The fourth-order valence-corrected chi connectivity index (χ4v) is 13.3. The summed E-state index contributed by atoms with van der Waals surface area (Å²) in [7, 11) is 0. The van der Waals surface area contributed by atoms with E-state index in [4.69, 9.17) is 33.2 Å². The lowest BCUT2D eigenvalue weighted by atomic mass is 9.46. The average Bonchev–Trinajstić information content (AvgIpc) is 3.67. The van der Waals surface area contributed by atoms with Crippen LogP contribution in [0.25, 0.3) is 0 Å². The Morgan fingerprint density at radius 2 is 1.52 bits per heavy atom. The van der Waals surface area contributed by atoms with Crippen LogP contribution in [0.3, 0.4) is 0 Å². The molecule has 11 N–H and O–H groups in total. The fraction of sp³-hybridized carbons (Fsp3) is 0.955. The number of ether oxygens (including phenoxy) is 7. The minimum atomic E-state index is -1.63. The molecule has 8 aliphatic rings. The summed E-state index contributed by atoms with van der Waals surface area (Å²) >= 11 is 0. The lowest BCUT2D eigenvalue weighted by Crippen LogP contribution is -2.62. The molecule has 4 aliphatic heterocycles. The van der Waals surface area contributed by atoms with Crippen LogP contribution in [-0.4, -0.2) is 186 Å². The molecule has 7 fully saturated rings. The maximum absolute atomic E-state index is 12.2. The highest BCUT2D eigenvalue weighted by molar-refractivity contribution is 5.28. The second kappa shape index (κ2) is 17.9. The summed E-state index contributed by atoms with van der Waals surface area (Å²) < 4.78 is 42.2. The zero-order chi connectivity index (χ0) is 44.8. The number of fused-ring (bicyclic) bond motifs is 7. The van der Waals surface area contributed by atoms with Crippen molar-refractivity contribution in [3.8, 4) is 0 Å². The number of allylic oxidation sites excluding steroid dienone is 1. The van der Waals surface area contributed by atoms with Crippen LogP contribution in [0.1, 0.15) is 86.0 Å². The minimum Gasteiger partial charge on any atom is -0.394 e. The largest absolute Gasteiger partial charge is 0.394 e. The van der Waals surface area contributed by atoms with Gasteiger partial charge in [-0.25, -0.2) is 0 Å². The predicted octanol–water partition coefficient (Wildman–Crippen LogP) is -1.22. The molecule has 0 bridgehead atoms. The van der Waals surface area contributed by atoms with Gasteiger partial charge < -0.3 is 89.3 Å². The Hall–Kier alpha value is -0.980. The monoisotopic (exact) mass is 888 g/mol. The third kappa shape index (κ3) is 8.06. The van der Waals surface area contributed by atoms with Gasteiger partial charge in [0.25, 0.3) is 0 Å². The molecule has 356 valence electrons. The van der Waals surface area contributed by atoms with E-state index >= 15 is 0 Å². The molecule has 3 saturated carbocycles. The summed E-state index contributed by atoms with van der Waals surface area (Å²) in [6.07, 6.45) is -13.0. The molecule has 62 heavy (non-hydrogen) atoms. The van der Waals surface area contributed by atoms with Crippen molar-refractivity contribution in [3.63, 3.8) is 0 Å². The van der Waals surface area contributed by atoms with Crippen molar-refractivity contribution in [1.29, 1.82) is 0 Å². The van der Waals surface area contributed by atoms with Crippen LogP contribution in [0.4, 0.5) is 0 Å². The molecule has 0 aromatic heterocycles. The molecule has 4 saturated heterocycles. The Balaban J connectivity index is 0.895. The van der Waals surface area contributed by atoms with Crippen molar-refractivity contribution in [2.75, 3.05) is 19.8 Å². The zero-order valence-electron chi connectivity index (χ0n) is 36.4. The van der Waals surface area contributed by atoms with E-state index in [1.54, 1.807) is 0 Å². The van der Waals surface area contributed by atoms with E-state index in [2.05, 4.69) is 26.8 Å². The number of aliphatic hydroxyl groups excluding tert-OH is 10. The van der Waals surface area contributed by atoms with Gasteiger partial charge in [0.2, 0.25) is 0 Å². The minimum absolute atomic E-state index is 0.105. The number of aliphatic hydroxyl groups is 11. The Morgan fingerprint density at radius 1 is 0.823 bits per heavy atom. The van der Waals surface area contributed by atoms with E-state index in [0.29, 0.717) is 31.6 Å². The van der Waals surface area contributed by atoms with Crippen LogP contribution in [0, 0.1) is 46.3 Å². The van der Waals surface area contributed by atoms with Crippen molar-refractivity contribution in [3.05, 3.63) is 11.6 Å². The second-order valence-electron chi connectivity index (χ2n) is 20.7. The highest BCUT2D eigenvalue weighted by Gasteiger charge is 2.69. The standard InChI is InChI=1S/C44H72O18/c1-18(16-56-41-38(32(49)26(47)17-57-41)61-39-36(53)34(51)31(48)20(3)58-39)8-11-44(55)19(2)30-27(62-44)14-25-23-7-6-21-12-22(46)13-29(43(21,5)24(23)9-10-42(25,30)4)60-40-37(54)35(52)33(50)28(15-45)59-40/h6,18-20,22-41,45-55H,7-17H2,1-5H3/t18-,19+,20+,22-,23-,24+,25+,26+,27+,28-,29-,30+,31+,32+,33-,34-,35+,36-,37-,38-,39+,40+,41-,42+,43+,44+/m1/s1. The molecule has 8 rings (SSSR count). The van der Waals surface area contributed by atoms with Crippen molar-refractivity contribution in [2.45, 2.75) is 196 Å². The van der Waals surface area contributed by atoms with Crippen LogP contribution in [0.15, 0.2) is 11.6 Å². The molecule has 0 aromatic rings. The zero-order valence-corrected chi connectivity index (χ0v) is 36.4. The summed E-state index contributed by atoms with van der Waals surface area (Å²) in [5.74, 6) is -0.783. The molecule has 0 aromatic carbocycles. The maximum Gasteiger partial charge on any atom is 0.187 e. The van der Waals surface area contributed by atoms with Crippen molar-refractivity contribution < 1.29 is 89.3 Å². The Bertz CT molecular complexity index is 1590. The van der Waals surface area contributed by atoms with Gasteiger partial charge in [-0.05, 0) is 80.5 Å². The Labute approximate surface area is 362 Å². The summed E-state index contributed by atoms with van der Waals surface area (Å²) in [5, 5.41) is 117. The van der Waals surface area contributed by atoms with E-state index in [1.165, 1.54) is 6.92 Å². The van der Waals surface area contributed by atoms with E-state index in [-0.39, 0.29) is 54.3 Å². The summed E-state index contributed by atoms with van der Waals surface area (Å²) in [6.45, 7) is 9.45. The van der Waals surface area contributed by atoms with Crippen molar-refractivity contribution in [1.82, 2.24) is 0 Å². The van der Waals surface area contributed by atoms with Crippen LogP contribution in [0.5, 0.6) is 0 Å². The molecule has 26 atom stereocenters. The highest BCUT2D eigenvalue weighted by Crippen LogP contribution is 2.70. The molecule has 0 amide bonds. The van der Waals surface area contributed by atoms with Crippen molar-refractivity contribution in [2.24, 2.45) is 46.3 Å². The molecule has 4 aliphatic carbocycles. The Kier molecular flexibility index (Phi) is 13.7. The summed E-state index contributed by atoms with van der Waals surface area (Å²) in [6, 6.07) is 0. The quantitative estimate of drug-likeness (QED) is 0.108.